The first-order valence-electron chi connectivity index (χ1n) is 20.0. The second-order valence-corrected chi connectivity index (χ2v) is 16.5. The molecule has 0 radical (unpaired) electrons. The summed E-state index contributed by atoms with van der Waals surface area (Å²) in [6.45, 7) is 40.7. The highest BCUT2D eigenvalue weighted by molar-refractivity contribution is 4.87. The zero-order chi connectivity index (χ0) is 35.6. The van der Waals surface area contributed by atoms with Gasteiger partial charge in [-0.3, -0.25) is 0 Å². The van der Waals surface area contributed by atoms with Crippen molar-refractivity contribution < 1.29 is 18.9 Å². The van der Waals surface area contributed by atoms with Crippen LogP contribution in [0, 0.1) is 76.9 Å². The number of rotatable bonds is 12. The molecule has 0 bridgehead atoms. The second-order valence-electron chi connectivity index (χ2n) is 16.5. The van der Waals surface area contributed by atoms with Gasteiger partial charge in [0.25, 0.3) is 0 Å². The Morgan fingerprint density at radius 3 is 1.04 bits per heavy atom. The molecule has 0 aromatic rings. The highest BCUT2D eigenvalue weighted by Crippen LogP contribution is 2.45. The zero-order valence-electron chi connectivity index (χ0n) is 34.4. The summed E-state index contributed by atoms with van der Waals surface area (Å²) < 4.78 is 21.5. The summed E-state index contributed by atoms with van der Waals surface area (Å²) in [7, 11) is 0. The van der Waals surface area contributed by atoms with E-state index >= 15 is 0 Å². The van der Waals surface area contributed by atoms with Gasteiger partial charge in [0.05, 0.1) is 0 Å². The highest BCUT2D eigenvalue weighted by atomic mass is 16.8. The smallest absolute Gasteiger partial charge is 0.209 e. The molecule has 0 spiro atoms. The van der Waals surface area contributed by atoms with Gasteiger partial charge in [-0.25, -0.2) is 0 Å². The minimum atomic E-state index is -0.426. The van der Waals surface area contributed by atoms with E-state index in [1.54, 1.807) is 0 Å². The Labute approximate surface area is 290 Å². The average Bonchev–Trinajstić information content (AvgIpc) is 3.01. The molecule has 3 aliphatic carbocycles. The van der Waals surface area contributed by atoms with Crippen LogP contribution in [0.1, 0.15) is 156 Å². The molecular formula is C42H86O4. The molecule has 0 aromatic heterocycles. The normalized spacial score (nSPS) is 32.7. The van der Waals surface area contributed by atoms with Gasteiger partial charge in [0, 0.05) is 26.4 Å². The van der Waals surface area contributed by atoms with Crippen molar-refractivity contribution in [1.82, 2.24) is 0 Å². The van der Waals surface area contributed by atoms with E-state index in [-0.39, 0.29) is 0 Å². The van der Waals surface area contributed by atoms with Gasteiger partial charge in [0.2, 0.25) is 12.6 Å². The van der Waals surface area contributed by atoms with Crippen molar-refractivity contribution in [3.8, 4) is 0 Å². The molecule has 0 N–H and O–H groups in total. The number of ether oxygens (including phenoxy) is 4. The fourth-order valence-corrected chi connectivity index (χ4v) is 8.02. The number of hydrogen-bond acceptors (Lipinski definition) is 4. The molecule has 3 rings (SSSR count). The van der Waals surface area contributed by atoms with Crippen LogP contribution in [0.4, 0.5) is 0 Å². The van der Waals surface area contributed by atoms with Gasteiger partial charge in [-0.15, -0.1) is 0 Å². The summed E-state index contributed by atoms with van der Waals surface area (Å²) in [5.74, 6) is 12.5. The van der Waals surface area contributed by atoms with Crippen LogP contribution in [-0.4, -0.2) is 39.0 Å². The van der Waals surface area contributed by atoms with E-state index in [1.807, 2.05) is 27.7 Å². The monoisotopic (exact) mass is 655 g/mol. The van der Waals surface area contributed by atoms with E-state index in [9.17, 15) is 0 Å². The van der Waals surface area contributed by atoms with E-state index in [0.717, 1.165) is 76.9 Å². The van der Waals surface area contributed by atoms with Crippen molar-refractivity contribution in [2.45, 2.75) is 169 Å². The fraction of sp³-hybridized carbons (Fsp3) is 1.00. The van der Waals surface area contributed by atoms with E-state index in [1.165, 1.54) is 38.5 Å². The topological polar surface area (TPSA) is 36.9 Å². The van der Waals surface area contributed by atoms with Gasteiger partial charge in [-0.1, -0.05) is 96.4 Å². The van der Waals surface area contributed by atoms with Crippen LogP contribution < -0.4 is 0 Å². The summed E-state index contributed by atoms with van der Waals surface area (Å²) in [4.78, 5) is 0. The first-order valence-corrected chi connectivity index (χ1v) is 20.0. The third-order valence-corrected chi connectivity index (χ3v) is 12.5. The van der Waals surface area contributed by atoms with Crippen LogP contribution in [0.25, 0.3) is 0 Å². The van der Waals surface area contributed by atoms with Crippen LogP contribution in [0.5, 0.6) is 0 Å². The van der Waals surface area contributed by atoms with E-state index in [4.69, 9.17) is 18.9 Å². The van der Waals surface area contributed by atoms with Gasteiger partial charge >= 0.3 is 0 Å². The van der Waals surface area contributed by atoms with Gasteiger partial charge in [0.1, 0.15) is 0 Å². The van der Waals surface area contributed by atoms with E-state index in [0.29, 0.717) is 26.4 Å². The van der Waals surface area contributed by atoms with E-state index < -0.39 is 12.6 Å². The average molecular weight is 655 g/mol. The maximum absolute atomic E-state index is 5.38. The molecule has 0 amide bonds. The standard InChI is InChI=1S/C16H30.C10H22O4.C8H16.C8H18/c1-11-7-12(2)9-16(8-11)15-6-5-13(3)14(4)10-15;1-5-11-9(12-6-2)10(13-7-3)14-8-4;1-5-6(2)8(4)7(5)3;1-6(2)8(5)7(3)4/h11-16H,5-10H2,1-4H3;9-10H,5-8H2,1-4H3;5-8H,1-4H3;6-8H,1-5H3. The lowest BCUT2D eigenvalue weighted by atomic mass is 9.60. The maximum Gasteiger partial charge on any atom is 0.209 e. The van der Waals surface area contributed by atoms with Gasteiger partial charge in [0.15, 0.2) is 0 Å². The summed E-state index contributed by atoms with van der Waals surface area (Å²) in [5.41, 5.74) is 0. The van der Waals surface area contributed by atoms with Gasteiger partial charge < -0.3 is 18.9 Å². The molecule has 0 aromatic carbocycles. The van der Waals surface area contributed by atoms with Gasteiger partial charge in [-0.05, 0) is 137 Å². The van der Waals surface area contributed by atoms with Crippen molar-refractivity contribution in [2.24, 2.45) is 76.9 Å². The third-order valence-electron chi connectivity index (χ3n) is 12.5. The van der Waals surface area contributed by atoms with Crippen LogP contribution in [0.3, 0.4) is 0 Å². The van der Waals surface area contributed by atoms with Crippen LogP contribution in [-0.2, 0) is 18.9 Å². The van der Waals surface area contributed by atoms with Crippen LogP contribution in [0.2, 0.25) is 0 Å². The second kappa shape index (κ2) is 24.9. The first-order chi connectivity index (χ1) is 21.5. The largest absolute Gasteiger partial charge is 0.348 e. The van der Waals surface area contributed by atoms with Crippen molar-refractivity contribution in [3.63, 3.8) is 0 Å². The predicted molar refractivity (Wildman–Crippen MR) is 201 cm³/mol. The maximum atomic E-state index is 5.38. The minimum Gasteiger partial charge on any atom is -0.348 e. The quantitative estimate of drug-likeness (QED) is 0.196. The van der Waals surface area contributed by atoms with Crippen LogP contribution >= 0.6 is 0 Å². The molecule has 4 nitrogen and oxygen atoms in total. The molecule has 5 unspecified atom stereocenters. The number of hydrogen-bond donors (Lipinski definition) is 0. The Morgan fingerprint density at radius 1 is 0.435 bits per heavy atom. The Hall–Kier alpha value is -0.160. The lowest BCUT2D eigenvalue weighted by Crippen LogP contribution is -2.39. The molecule has 0 aliphatic heterocycles. The molecule has 3 saturated carbocycles. The lowest BCUT2D eigenvalue weighted by molar-refractivity contribution is -0.281. The Morgan fingerprint density at radius 2 is 0.783 bits per heavy atom. The summed E-state index contributed by atoms with van der Waals surface area (Å²) in [6.07, 6.45) is 8.21. The fourth-order valence-electron chi connectivity index (χ4n) is 8.02. The first kappa shape index (κ1) is 45.8. The third kappa shape index (κ3) is 17.0. The molecule has 3 aliphatic rings. The molecule has 46 heavy (non-hydrogen) atoms. The Balaban J connectivity index is 0.000000615. The molecule has 4 heteroatoms. The predicted octanol–water partition coefficient (Wildman–Crippen LogP) is 12.4. The highest BCUT2D eigenvalue weighted by Gasteiger charge is 2.38. The minimum absolute atomic E-state index is 0.426. The Bertz CT molecular complexity index is 634. The van der Waals surface area contributed by atoms with Crippen LogP contribution in [0.15, 0.2) is 0 Å². The summed E-state index contributed by atoms with van der Waals surface area (Å²) in [5, 5.41) is 0. The zero-order valence-corrected chi connectivity index (χ0v) is 34.4. The molecule has 278 valence electrons. The van der Waals surface area contributed by atoms with E-state index in [2.05, 4.69) is 90.0 Å². The summed E-state index contributed by atoms with van der Waals surface area (Å²) in [6, 6.07) is 0. The summed E-state index contributed by atoms with van der Waals surface area (Å²) >= 11 is 0. The SMILES string of the molecule is CC(C)C(C)C(C)C.CC1C(C)C(C)C1C.CC1CC(C)CC(C2CCC(C)C(C)C2)C1.CCOC(OCC)C(OCC)OCC. The molecular weight excluding hydrogens is 568 g/mol. The molecule has 0 saturated heterocycles. The van der Waals surface area contributed by atoms with Crippen molar-refractivity contribution >= 4 is 0 Å². The molecule has 0 heterocycles. The Kier molecular flexibility index (Phi) is 24.8. The van der Waals surface area contributed by atoms with Crippen molar-refractivity contribution in [1.29, 1.82) is 0 Å². The van der Waals surface area contributed by atoms with Crippen molar-refractivity contribution in [3.05, 3.63) is 0 Å². The molecule has 5 atom stereocenters. The molecule has 3 fully saturated rings. The van der Waals surface area contributed by atoms with Gasteiger partial charge in [-0.2, -0.15) is 0 Å². The lowest BCUT2D eigenvalue weighted by Gasteiger charge is -2.45. The van der Waals surface area contributed by atoms with Crippen molar-refractivity contribution in [2.75, 3.05) is 26.4 Å².